The van der Waals surface area contributed by atoms with Crippen molar-refractivity contribution >= 4 is 5.78 Å². The SMILES string of the molecule is CC(=O)C1C=CC([N+](=O)[O-])C1. The molecule has 0 heterocycles. The number of nitrogens with zero attached hydrogens (tertiary/aromatic N) is 1. The zero-order valence-corrected chi connectivity index (χ0v) is 6.19. The Bertz CT molecular complexity index is 200. The molecule has 60 valence electrons. The van der Waals surface area contributed by atoms with Gasteiger partial charge in [-0.25, -0.2) is 0 Å². The fraction of sp³-hybridized carbons (Fsp3) is 0.571. The number of rotatable bonds is 2. The van der Waals surface area contributed by atoms with Crippen LogP contribution in [0.5, 0.6) is 0 Å². The number of carbonyl (C=O) groups excluding carboxylic acids is 1. The quantitative estimate of drug-likeness (QED) is 0.336. The number of nitro groups is 1. The minimum Gasteiger partial charge on any atom is -0.299 e. The molecule has 0 amide bonds. The van der Waals surface area contributed by atoms with E-state index in [1.165, 1.54) is 13.0 Å². The van der Waals surface area contributed by atoms with Crippen molar-refractivity contribution < 1.29 is 9.72 Å². The van der Waals surface area contributed by atoms with Gasteiger partial charge in [0.2, 0.25) is 6.04 Å². The molecular weight excluding hydrogens is 146 g/mol. The summed E-state index contributed by atoms with van der Waals surface area (Å²) in [7, 11) is 0. The van der Waals surface area contributed by atoms with Gasteiger partial charge in [0.25, 0.3) is 0 Å². The predicted molar refractivity (Wildman–Crippen MR) is 38.7 cm³/mol. The summed E-state index contributed by atoms with van der Waals surface area (Å²) >= 11 is 0. The van der Waals surface area contributed by atoms with Crippen molar-refractivity contribution in [2.75, 3.05) is 0 Å². The average molecular weight is 155 g/mol. The van der Waals surface area contributed by atoms with Gasteiger partial charge >= 0.3 is 0 Å². The first kappa shape index (κ1) is 7.91. The molecule has 1 aliphatic carbocycles. The van der Waals surface area contributed by atoms with Gasteiger partial charge in [0, 0.05) is 17.3 Å². The highest BCUT2D eigenvalue weighted by Crippen LogP contribution is 2.20. The van der Waals surface area contributed by atoms with Crippen LogP contribution in [0.15, 0.2) is 12.2 Å². The van der Waals surface area contributed by atoms with Crippen LogP contribution in [0.4, 0.5) is 0 Å². The van der Waals surface area contributed by atoms with E-state index in [1.54, 1.807) is 6.08 Å². The van der Waals surface area contributed by atoms with Crippen LogP contribution in [0.25, 0.3) is 0 Å². The second-order valence-electron chi connectivity index (χ2n) is 2.69. The lowest BCUT2D eigenvalue weighted by Gasteiger charge is -2.01. The molecule has 2 unspecified atom stereocenters. The van der Waals surface area contributed by atoms with Crippen molar-refractivity contribution in [2.45, 2.75) is 19.4 Å². The largest absolute Gasteiger partial charge is 0.299 e. The Morgan fingerprint density at radius 2 is 2.27 bits per heavy atom. The smallest absolute Gasteiger partial charge is 0.232 e. The Morgan fingerprint density at radius 1 is 1.64 bits per heavy atom. The summed E-state index contributed by atoms with van der Waals surface area (Å²) in [5, 5.41) is 10.2. The molecule has 0 radical (unpaired) electrons. The lowest BCUT2D eigenvalue weighted by atomic mass is 10.0. The summed E-state index contributed by atoms with van der Waals surface area (Å²) in [5.41, 5.74) is 0. The Kier molecular flexibility index (Phi) is 2.03. The molecule has 4 heteroatoms. The standard InChI is InChI=1S/C7H9NO3/c1-5(9)6-2-3-7(4-6)8(10)11/h2-3,6-7H,4H2,1H3. The molecule has 0 saturated carbocycles. The lowest BCUT2D eigenvalue weighted by molar-refractivity contribution is -0.509. The highest BCUT2D eigenvalue weighted by atomic mass is 16.6. The highest BCUT2D eigenvalue weighted by molar-refractivity contribution is 5.80. The molecule has 1 aliphatic rings. The maximum absolute atomic E-state index is 10.7. The van der Waals surface area contributed by atoms with Crippen LogP contribution < -0.4 is 0 Å². The third kappa shape index (κ3) is 1.63. The van der Waals surface area contributed by atoms with Gasteiger partial charge in [-0.05, 0) is 13.0 Å². The summed E-state index contributed by atoms with van der Waals surface area (Å²) in [6.45, 7) is 1.46. The number of carbonyl (C=O) groups is 1. The van der Waals surface area contributed by atoms with Crippen molar-refractivity contribution in [3.05, 3.63) is 22.3 Å². The molecule has 0 spiro atoms. The Morgan fingerprint density at radius 3 is 2.55 bits per heavy atom. The molecular formula is C7H9NO3. The fourth-order valence-electron chi connectivity index (χ4n) is 1.14. The van der Waals surface area contributed by atoms with Crippen molar-refractivity contribution in [1.29, 1.82) is 0 Å². The number of ketones is 1. The third-order valence-electron chi connectivity index (χ3n) is 1.85. The molecule has 0 aliphatic heterocycles. The number of hydrogen-bond acceptors (Lipinski definition) is 3. The fourth-order valence-corrected chi connectivity index (χ4v) is 1.14. The maximum atomic E-state index is 10.7. The molecule has 2 atom stereocenters. The molecule has 0 saturated heterocycles. The molecule has 0 fully saturated rings. The first-order valence-corrected chi connectivity index (χ1v) is 3.43. The number of Topliss-reactive ketones (excluding diaryl/α,β-unsaturated/α-hetero) is 1. The second-order valence-corrected chi connectivity index (χ2v) is 2.69. The molecule has 11 heavy (non-hydrogen) atoms. The van der Waals surface area contributed by atoms with Crippen LogP contribution in [0.2, 0.25) is 0 Å². The van der Waals surface area contributed by atoms with Crippen LogP contribution in [-0.4, -0.2) is 16.7 Å². The van der Waals surface area contributed by atoms with Crippen LogP contribution in [0.1, 0.15) is 13.3 Å². The zero-order valence-electron chi connectivity index (χ0n) is 6.19. The van der Waals surface area contributed by atoms with Crippen molar-refractivity contribution in [1.82, 2.24) is 0 Å². The van der Waals surface area contributed by atoms with E-state index in [4.69, 9.17) is 0 Å². The minimum absolute atomic E-state index is 0.00519. The van der Waals surface area contributed by atoms with E-state index in [2.05, 4.69) is 0 Å². The van der Waals surface area contributed by atoms with Crippen LogP contribution in [-0.2, 0) is 4.79 Å². The Labute approximate surface area is 64.0 Å². The highest BCUT2D eigenvalue weighted by Gasteiger charge is 2.29. The topological polar surface area (TPSA) is 60.2 Å². The van der Waals surface area contributed by atoms with Crippen LogP contribution >= 0.6 is 0 Å². The first-order chi connectivity index (χ1) is 5.11. The first-order valence-electron chi connectivity index (χ1n) is 3.43. The van der Waals surface area contributed by atoms with E-state index in [1.807, 2.05) is 0 Å². The molecule has 4 nitrogen and oxygen atoms in total. The van der Waals surface area contributed by atoms with Crippen LogP contribution in [0, 0.1) is 16.0 Å². The van der Waals surface area contributed by atoms with E-state index in [0.717, 1.165) is 0 Å². The molecule has 0 aromatic carbocycles. The Balaban J connectivity index is 2.56. The van der Waals surface area contributed by atoms with E-state index in [0.29, 0.717) is 6.42 Å². The lowest BCUT2D eigenvalue weighted by Crippen LogP contribution is -2.17. The average Bonchev–Trinajstić information content (AvgIpc) is 2.33. The van der Waals surface area contributed by atoms with Gasteiger partial charge in [0.05, 0.1) is 0 Å². The van der Waals surface area contributed by atoms with Gasteiger partial charge < -0.3 is 0 Å². The summed E-state index contributed by atoms with van der Waals surface area (Å²) < 4.78 is 0. The molecule has 0 aromatic rings. The van der Waals surface area contributed by atoms with Crippen molar-refractivity contribution in [3.8, 4) is 0 Å². The molecule has 0 N–H and O–H groups in total. The van der Waals surface area contributed by atoms with Crippen molar-refractivity contribution in [2.24, 2.45) is 5.92 Å². The number of allylic oxidation sites excluding steroid dienone is 1. The predicted octanol–water partition coefficient (Wildman–Crippen LogP) is 0.797. The minimum atomic E-state index is -0.649. The van der Waals surface area contributed by atoms with Gasteiger partial charge in [-0.3, -0.25) is 14.9 Å². The Hall–Kier alpha value is -1.19. The number of hydrogen-bond donors (Lipinski definition) is 0. The molecule has 0 aromatic heterocycles. The molecule has 1 rings (SSSR count). The van der Waals surface area contributed by atoms with E-state index >= 15 is 0 Å². The van der Waals surface area contributed by atoms with E-state index in [-0.39, 0.29) is 16.6 Å². The van der Waals surface area contributed by atoms with Gasteiger partial charge in [0.15, 0.2) is 0 Å². The summed E-state index contributed by atoms with van der Waals surface area (Å²) in [5.74, 6) is -0.226. The van der Waals surface area contributed by atoms with E-state index < -0.39 is 6.04 Å². The van der Waals surface area contributed by atoms with E-state index in [9.17, 15) is 14.9 Å². The summed E-state index contributed by atoms with van der Waals surface area (Å²) in [6, 6.07) is -0.649. The summed E-state index contributed by atoms with van der Waals surface area (Å²) in [4.78, 5) is 20.6. The van der Waals surface area contributed by atoms with Gasteiger partial charge in [-0.15, -0.1) is 0 Å². The second kappa shape index (κ2) is 2.82. The summed E-state index contributed by atoms with van der Waals surface area (Å²) in [6.07, 6.45) is 3.45. The van der Waals surface area contributed by atoms with Gasteiger partial charge in [-0.1, -0.05) is 6.08 Å². The van der Waals surface area contributed by atoms with Crippen LogP contribution in [0.3, 0.4) is 0 Å². The van der Waals surface area contributed by atoms with Crippen molar-refractivity contribution in [3.63, 3.8) is 0 Å². The molecule has 0 bridgehead atoms. The third-order valence-corrected chi connectivity index (χ3v) is 1.85. The zero-order chi connectivity index (χ0) is 8.43. The normalized spacial score (nSPS) is 28.8. The monoisotopic (exact) mass is 155 g/mol. The maximum Gasteiger partial charge on any atom is 0.232 e. The van der Waals surface area contributed by atoms with Gasteiger partial charge in [0.1, 0.15) is 5.78 Å². The van der Waals surface area contributed by atoms with Gasteiger partial charge in [-0.2, -0.15) is 0 Å².